The quantitative estimate of drug-likeness (QED) is 0.795. The lowest BCUT2D eigenvalue weighted by Gasteiger charge is -2.60. The summed E-state index contributed by atoms with van der Waals surface area (Å²) in [6.07, 6.45) is 7.42. The number of carbonyl (C=O) groups excluding carboxylic acids is 2. The zero-order valence-corrected chi connectivity index (χ0v) is 15.4. The number of carbonyl (C=O) groups is 2. The van der Waals surface area contributed by atoms with Crippen molar-refractivity contribution in [1.29, 1.82) is 0 Å². The van der Waals surface area contributed by atoms with Crippen LogP contribution >= 0.6 is 0 Å². The van der Waals surface area contributed by atoms with Crippen LogP contribution < -0.4 is 0 Å². The third kappa shape index (κ3) is 2.12. The first-order chi connectivity index (χ1) is 11.3. The summed E-state index contributed by atoms with van der Waals surface area (Å²) < 4.78 is 0. The fourth-order valence-electron chi connectivity index (χ4n) is 7.74. The molecule has 0 amide bonds. The molecule has 4 fully saturated rings. The van der Waals surface area contributed by atoms with Crippen LogP contribution in [0.1, 0.15) is 72.1 Å². The second-order valence-corrected chi connectivity index (χ2v) is 9.83. The molecular formula is C21H32O3. The molecule has 4 aliphatic carbocycles. The molecule has 3 heteroatoms. The van der Waals surface area contributed by atoms with Gasteiger partial charge in [-0.1, -0.05) is 13.8 Å². The van der Waals surface area contributed by atoms with Gasteiger partial charge >= 0.3 is 0 Å². The van der Waals surface area contributed by atoms with E-state index >= 15 is 0 Å². The molecule has 24 heavy (non-hydrogen) atoms. The van der Waals surface area contributed by atoms with E-state index in [4.69, 9.17) is 0 Å². The molecule has 0 aliphatic heterocycles. The van der Waals surface area contributed by atoms with Crippen LogP contribution in [0.4, 0.5) is 0 Å². The van der Waals surface area contributed by atoms with Gasteiger partial charge in [-0.3, -0.25) is 9.59 Å². The lowest BCUT2D eigenvalue weighted by molar-refractivity contribution is -0.148. The lowest BCUT2D eigenvalue weighted by atomic mass is 9.44. The van der Waals surface area contributed by atoms with Crippen molar-refractivity contribution in [2.45, 2.75) is 78.2 Å². The molecule has 4 aliphatic rings. The number of fused-ring (bicyclic) bond motifs is 5. The van der Waals surface area contributed by atoms with Gasteiger partial charge in [0.05, 0.1) is 6.10 Å². The van der Waals surface area contributed by atoms with Gasteiger partial charge in [-0.25, -0.2) is 0 Å². The molecule has 0 heterocycles. The maximum absolute atomic E-state index is 12.2. The minimum Gasteiger partial charge on any atom is -0.393 e. The number of ketones is 2. The average molecular weight is 332 g/mol. The topological polar surface area (TPSA) is 54.4 Å². The van der Waals surface area contributed by atoms with Gasteiger partial charge < -0.3 is 5.11 Å². The molecule has 0 aromatic rings. The Balaban J connectivity index is 1.66. The van der Waals surface area contributed by atoms with Crippen LogP contribution in [-0.2, 0) is 9.59 Å². The van der Waals surface area contributed by atoms with E-state index in [1.165, 1.54) is 6.42 Å². The van der Waals surface area contributed by atoms with E-state index < -0.39 is 0 Å². The number of hydrogen-bond acceptors (Lipinski definition) is 3. The van der Waals surface area contributed by atoms with Crippen molar-refractivity contribution < 1.29 is 14.7 Å². The Morgan fingerprint density at radius 3 is 2.58 bits per heavy atom. The largest absolute Gasteiger partial charge is 0.393 e. The van der Waals surface area contributed by atoms with Crippen molar-refractivity contribution in [3.63, 3.8) is 0 Å². The van der Waals surface area contributed by atoms with Crippen LogP contribution in [0.5, 0.6) is 0 Å². The Labute approximate surface area is 145 Å². The molecule has 4 rings (SSSR count). The maximum atomic E-state index is 12.2. The number of hydrogen-bond donors (Lipinski definition) is 1. The van der Waals surface area contributed by atoms with E-state index in [1.807, 2.05) is 0 Å². The summed E-state index contributed by atoms with van der Waals surface area (Å²) in [5.41, 5.74) is 0.256. The highest BCUT2D eigenvalue weighted by atomic mass is 16.3. The first kappa shape index (κ1) is 16.8. The van der Waals surface area contributed by atoms with Gasteiger partial charge in [-0.15, -0.1) is 0 Å². The van der Waals surface area contributed by atoms with Crippen LogP contribution in [0, 0.1) is 40.4 Å². The molecule has 134 valence electrons. The SMILES string of the molecule is CC(=O)[C@H]1CC(O)[C@H]2[C@@H]3CCC4CC(=O)CC[C@]4(C)[C@H]3CC[C@]12C. The summed E-state index contributed by atoms with van der Waals surface area (Å²) in [5, 5.41) is 10.9. The summed E-state index contributed by atoms with van der Waals surface area (Å²) in [4.78, 5) is 24.1. The monoisotopic (exact) mass is 332 g/mol. The molecule has 0 saturated heterocycles. The summed E-state index contributed by atoms with van der Waals surface area (Å²) >= 11 is 0. The molecule has 1 N–H and O–H groups in total. The molecule has 0 radical (unpaired) electrons. The smallest absolute Gasteiger partial charge is 0.133 e. The van der Waals surface area contributed by atoms with Crippen molar-refractivity contribution in [2.75, 3.05) is 0 Å². The number of Topliss-reactive ketones (excluding diaryl/α,β-unsaturated/α-hetero) is 2. The molecule has 0 bridgehead atoms. The number of rotatable bonds is 1. The fraction of sp³-hybridized carbons (Fsp3) is 0.905. The van der Waals surface area contributed by atoms with E-state index in [0.717, 1.165) is 38.5 Å². The molecule has 8 atom stereocenters. The predicted molar refractivity (Wildman–Crippen MR) is 92.3 cm³/mol. The average Bonchev–Trinajstić information content (AvgIpc) is 2.80. The predicted octanol–water partition coefficient (Wildman–Crippen LogP) is 3.77. The highest BCUT2D eigenvalue weighted by molar-refractivity contribution is 5.80. The molecule has 2 unspecified atom stereocenters. The van der Waals surface area contributed by atoms with Crippen molar-refractivity contribution in [1.82, 2.24) is 0 Å². The summed E-state index contributed by atoms with van der Waals surface area (Å²) in [6.45, 7) is 6.41. The summed E-state index contributed by atoms with van der Waals surface area (Å²) in [7, 11) is 0. The third-order valence-corrected chi connectivity index (χ3v) is 8.96. The van der Waals surface area contributed by atoms with Crippen LogP contribution in [0.25, 0.3) is 0 Å². The van der Waals surface area contributed by atoms with E-state index in [2.05, 4.69) is 13.8 Å². The van der Waals surface area contributed by atoms with Gasteiger partial charge in [0.15, 0.2) is 0 Å². The van der Waals surface area contributed by atoms with Crippen LogP contribution in [0.3, 0.4) is 0 Å². The normalized spacial score (nSPS) is 53.9. The molecule has 0 aromatic heterocycles. The summed E-state index contributed by atoms with van der Waals surface area (Å²) in [6, 6.07) is 0. The fourth-order valence-corrected chi connectivity index (χ4v) is 7.74. The molecule has 4 saturated carbocycles. The third-order valence-electron chi connectivity index (χ3n) is 8.96. The Hall–Kier alpha value is -0.700. The van der Waals surface area contributed by atoms with Gasteiger partial charge in [0.1, 0.15) is 11.6 Å². The molecular weight excluding hydrogens is 300 g/mol. The first-order valence-electron chi connectivity index (χ1n) is 9.97. The summed E-state index contributed by atoms with van der Waals surface area (Å²) in [5.74, 6) is 2.75. The van der Waals surface area contributed by atoms with Gasteiger partial charge in [-0.2, -0.15) is 0 Å². The Morgan fingerprint density at radius 1 is 1.12 bits per heavy atom. The Bertz CT molecular complexity index is 569. The second-order valence-electron chi connectivity index (χ2n) is 9.83. The van der Waals surface area contributed by atoms with Crippen LogP contribution in [0.15, 0.2) is 0 Å². The lowest BCUT2D eigenvalue weighted by Crippen LogP contribution is -2.55. The second kappa shape index (κ2) is 5.40. The number of aliphatic hydroxyl groups is 1. The van der Waals surface area contributed by atoms with E-state index in [1.54, 1.807) is 6.92 Å². The van der Waals surface area contributed by atoms with Gasteiger partial charge in [0.2, 0.25) is 0 Å². The minimum atomic E-state index is -0.318. The van der Waals surface area contributed by atoms with Gasteiger partial charge in [0.25, 0.3) is 0 Å². The van der Waals surface area contributed by atoms with Crippen LogP contribution in [-0.4, -0.2) is 22.8 Å². The number of aliphatic hydroxyl groups excluding tert-OH is 1. The van der Waals surface area contributed by atoms with Crippen molar-refractivity contribution >= 4 is 11.6 Å². The van der Waals surface area contributed by atoms with E-state index in [9.17, 15) is 14.7 Å². The zero-order chi connectivity index (χ0) is 17.3. The minimum absolute atomic E-state index is 0.0138. The van der Waals surface area contributed by atoms with Gasteiger partial charge in [0, 0.05) is 18.8 Å². The van der Waals surface area contributed by atoms with E-state index in [-0.39, 0.29) is 34.6 Å². The standard InChI is InChI=1S/C21H32O3/c1-12(22)17-11-18(24)19-15-5-4-13-10-14(23)6-8-20(13,2)16(15)7-9-21(17,19)3/h13,15-19,24H,4-11H2,1-3H3/t13?,15-,16+,17-,18?,19-,20+,21-/m1/s1. The van der Waals surface area contributed by atoms with E-state index in [0.29, 0.717) is 30.0 Å². The maximum Gasteiger partial charge on any atom is 0.133 e. The Morgan fingerprint density at radius 2 is 1.88 bits per heavy atom. The molecule has 0 spiro atoms. The zero-order valence-electron chi connectivity index (χ0n) is 15.4. The first-order valence-corrected chi connectivity index (χ1v) is 9.97. The highest BCUT2D eigenvalue weighted by Gasteiger charge is 2.63. The molecule has 3 nitrogen and oxygen atoms in total. The van der Waals surface area contributed by atoms with Crippen LogP contribution in [0.2, 0.25) is 0 Å². The highest BCUT2D eigenvalue weighted by Crippen LogP contribution is 2.67. The Kier molecular flexibility index (Phi) is 3.77. The van der Waals surface area contributed by atoms with Crippen molar-refractivity contribution in [3.05, 3.63) is 0 Å². The van der Waals surface area contributed by atoms with Crippen molar-refractivity contribution in [2.24, 2.45) is 40.4 Å². The molecule has 0 aromatic carbocycles. The van der Waals surface area contributed by atoms with Gasteiger partial charge in [-0.05, 0) is 80.0 Å². The van der Waals surface area contributed by atoms with Crippen molar-refractivity contribution in [3.8, 4) is 0 Å².